The zero-order valence-corrected chi connectivity index (χ0v) is 18.4. The van der Waals surface area contributed by atoms with Gasteiger partial charge in [-0.05, 0) is 49.5 Å². The molecule has 0 fully saturated rings. The number of likely N-dealkylation sites (N-methyl/N-ethyl adjacent to an activating group) is 2. The molecule has 3 aromatic rings. The number of phenolic OH excluding ortho intramolecular Hbond substituents is 1. The first kappa shape index (κ1) is 22.8. The molecule has 0 aliphatic rings. The Kier molecular flexibility index (Phi) is 7.12. The van der Waals surface area contributed by atoms with E-state index in [1.807, 2.05) is 56.4 Å². The molecule has 0 heterocycles. The molecule has 7 heteroatoms. The second-order valence-corrected chi connectivity index (χ2v) is 7.81. The van der Waals surface area contributed by atoms with E-state index in [-0.39, 0.29) is 22.6 Å². The summed E-state index contributed by atoms with van der Waals surface area (Å²) in [6, 6.07) is 19.1. The zero-order chi connectivity index (χ0) is 23.3. The molecule has 3 aromatic carbocycles. The normalized spacial score (nSPS) is 10.8. The Morgan fingerprint density at radius 3 is 2.16 bits per heavy atom. The molecule has 3 N–H and O–H groups in total. The van der Waals surface area contributed by atoms with E-state index in [2.05, 4.69) is 10.2 Å². The summed E-state index contributed by atoms with van der Waals surface area (Å²) in [6.45, 7) is 1.60. The van der Waals surface area contributed by atoms with Crippen LogP contribution in [0.3, 0.4) is 0 Å². The highest BCUT2D eigenvalue weighted by atomic mass is 16.4. The Labute approximate surface area is 187 Å². The van der Waals surface area contributed by atoms with E-state index < -0.39 is 11.9 Å². The fourth-order valence-corrected chi connectivity index (χ4v) is 3.26. The van der Waals surface area contributed by atoms with Crippen LogP contribution in [0, 0.1) is 0 Å². The van der Waals surface area contributed by atoms with Gasteiger partial charge in [-0.15, -0.1) is 0 Å². The fraction of sp³-hybridized carbons (Fsp3) is 0.200. The second kappa shape index (κ2) is 9.98. The Morgan fingerprint density at radius 1 is 0.844 bits per heavy atom. The highest BCUT2D eigenvalue weighted by molar-refractivity contribution is 6.09. The Bertz CT molecular complexity index is 1110. The summed E-state index contributed by atoms with van der Waals surface area (Å²) in [7, 11) is 5.88. The highest BCUT2D eigenvalue weighted by Crippen LogP contribution is 2.28. The van der Waals surface area contributed by atoms with Crippen molar-refractivity contribution in [1.82, 2.24) is 4.90 Å². The summed E-state index contributed by atoms with van der Waals surface area (Å²) in [5.74, 6) is -1.91. The monoisotopic (exact) mass is 433 g/mol. The van der Waals surface area contributed by atoms with Crippen LogP contribution in [0.1, 0.15) is 20.7 Å². The van der Waals surface area contributed by atoms with Crippen LogP contribution in [0.5, 0.6) is 5.75 Å². The number of carbonyl (C=O) groups is 2. The lowest BCUT2D eigenvalue weighted by Crippen LogP contribution is -2.28. The quantitative estimate of drug-likeness (QED) is 0.497. The van der Waals surface area contributed by atoms with Crippen LogP contribution >= 0.6 is 0 Å². The SMILES string of the molecule is CN(C)CCN(C)c1ccc(C(=O)Nc2cc(-c3ccccc3)ccc2C(=O)O)c(O)c1. The Morgan fingerprint density at radius 2 is 1.53 bits per heavy atom. The average molecular weight is 434 g/mol. The van der Waals surface area contributed by atoms with Gasteiger partial charge in [0, 0.05) is 31.9 Å². The van der Waals surface area contributed by atoms with Crippen LogP contribution < -0.4 is 10.2 Å². The van der Waals surface area contributed by atoms with Crippen molar-refractivity contribution in [2.24, 2.45) is 0 Å². The van der Waals surface area contributed by atoms with Gasteiger partial charge in [-0.25, -0.2) is 4.79 Å². The molecule has 166 valence electrons. The molecule has 0 aliphatic heterocycles. The molecule has 0 aliphatic carbocycles. The number of aromatic hydroxyl groups is 1. The van der Waals surface area contributed by atoms with Gasteiger partial charge < -0.3 is 25.3 Å². The number of amides is 1. The number of phenols is 1. The van der Waals surface area contributed by atoms with E-state index in [1.165, 1.54) is 18.2 Å². The number of aromatic carboxylic acids is 1. The molecule has 7 nitrogen and oxygen atoms in total. The van der Waals surface area contributed by atoms with Gasteiger partial charge >= 0.3 is 5.97 Å². The van der Waals surface area contributed by atoms with Gasteiger partial charge in [0.15, 0.2) is 0 Å². The number of hydrogen-bond donors (Lipinski definition) is 3. The van der Waals surface area contributed by atoms with Crippen LogP contribution in [0.25, 0.3) is 11.1 Å². The van der Waals surface area contributed by atoms with Crippen molar-refractivity contribution >= 4 is 23.3 Å². The third kappa shape index (κ3) is 5.44. The third-order valence-electron chi connectivity index (χ3n) is 5.15. The first-order valence-corrected chi connectivity index (χ1v) is 10.2. The minimum atomic E-state index is -1.15. The van der Waals surface area contributed by atoms with E-state index in [9.17, 15) is 19.8 Å². The first-order chi connectivity index (χ1) is 15.3. The Hall–Kier alpha value is -3.84. The standard InChI is InChI=1S/C25H27N3O4/c1-27(2)13-14-28(3)19-10-12-21(23(29)16-19)24(30)26-22-15-18(9-11-20(22)25(31)32)17-7-5-4-6-8-17/h4-12,15-16,29H,13-14H2,1-3H3,(H,26,30)(H,31,32). The number of carbonyl (C=O) groups excluding carboxylic acids is 1. The minimum Gasteiger partial charge on any atom is -0.507 e. The topological polar surface area (TPSA) is 93.1 Å². The largest absolute Gasteiger partial charge is 0.507 e. The molecule has 0 unspecified atom stereocenters. The lowest BCUT2D eigenvalue weighted by atomic mass is 10.0. The maximum Gasteiger partial charge on any atom is 0.337 e. The number of nitrogens with one attached hydrogen (secondary N) is 1. The number of anilines is 2. The van der Waals surface area contributed by atoms with Gasteiger partial charge in [0.2, 0.25) is 0 Å². The zero-order valence-electron chi connectivity index (χ0n) is 18.4. The van der Waals surface area contributed by atoms with Crippen molar-refractivity contribution in [3.8, 4) is 16.9 Å². The van der Waals surface area contributed by atoms with Crippen molar-refractivity contribution in [2.75, 3.05) is 44.4 Å². The van der Waals surface area contributed by atoms with E-state index >= 15 is 0 Å². The predicted molar refractivity (Wildman–Crippen MR) is 127 cm³/mol. The molecule has 3 rings (SSSR count). The van der Waals surface area contributed by atoms with Crippen molar-refractivity contribution < 1.29 is 19.8 Å². The molecule has 1 amide bonds. The van der Waals surface area contributed by atoms with Crippen molar-refractivity contribution in [1.29, 1.82) is 0 Å². The van der Waals surface area contributed by atoms with Crippen molar-refractivity contribution in [3.05, 3.63) is 77.9 Å². The van der Waals surface area contributed by atoms with Gasteiger partial charge in [0.25, 0.3) is 5.91 Å². The number of benzene rings is 3. The molecule has 0 atom stereocenters. The summed E-state index contributed by atoms with van der Waals surface area (Å²) >= 11 is 0. The van der Waals surface area contributed by atoms with Crippen LogP contribution in [0.4, 0.5) is 11.4 Å². The van der Waals surface area contributed by atoms with Crippen LogP contribution in [0.15, 0.2) is 66.7 Å². The lowest BCUT2D eigenvalue weighted by Gasteiger charge is -2.22. The van der Waals surface area contributed by atoms with E-state index in [4.69, 9.17) is 0 Å². The van der Waals surface area contributed by atoms with E-state index in [1.54, 1.807) is 18.2 Å². The van der Waals surface area contributed by atoms with Gasteiger partial charge in [0.1, 0.15) is 5.75 Å². The van der Waals surface area contributed by atoms with Crippen molar-refractivity contribution in [2.45, 2.75) is 0 Å². The fourth-order valence-electron chi connectivity index (χ4n) is 3.26. The maximum absolute atomic E-state index is 12.9. The molecule has 0 bridgehead atoms. The van der Waals surface area contributed by atoms with E-state index in [0.29, 0.717) is 0 Å². The first-order valence-electron chi connectivity index (χ1n) is 10.2. The van der Waals surface area contributed by atoms with Gasteiger partial charge in [-0.3, -0.25) is 4.79 Å². The minimum absolute atomic E-state index is 0.0300. The summed E-state index contributed by atoms with van der Waals surface area (Å²) < 4.78 is 0. The molecule has 0 spiro atoms. The molecule has 0 radical (unpaired) electrons. The molecule has 0 saturated heterocycles. The van der Waals surface area contributed by atoms with Gasteiger partial charge in [-0.1, -0.05) is 36.4 Å². The summed E-state index contributed by atoms with van der Waals surface area (Å²) in [5, 5.41) is 22.7. The number of nitrogens with zero attached hydrogens (tertiary/aromatic N) is 2. The average Bonchev–Trinajstić information content (AvgIpc) is 2.77. The Balaban J connectivity index is 1.85. The van der Waals surface area contributed by atoms with Gasteiger partial charge in [0.05, 0.1) is 16.8 Å². The number of carboxylic acid groups (broad SMARTS) is 1. The maximum atomic E-state index is 12.9. The van der Waals surface area contributed by atoms with Crippen LogP contribution in [0.2, 0.25) is 0 Å². The predicted octanol–water partition coefficient (Wildman–Crippen LogP) is 4.01. The molecule has 0 aromatic heterocycles. The molecule has 32 heavy (non-hydrogen) atoms. The molecular weight excluding hydrogens is 406 g/mol. The number of carboxylic acids is 1. The third-order valence-corrected chi connectivity index (χ3v) is 5.15. The summed E-state index contributed by atoms with van der Waals surface area (Å²) in [5.41, 5.74) is 2.64. The number of rotatable bonds is 8. The van der Waals surface area contributed by atoms with Crippen LogP contribution in [-0.2, 0) is 0 Å². The summed E-state index contributed by atoms with van der Waals surface area (Å²) in [6.07, 6.45) is 0. The molecule has 0 saturated carbocycles. The van der Waals surface area contributed by atoms with Gasteiger partial charge in [-0.2, -0.15) is 0 Å². The van der Waals surface area contributed by atoms with Crippen molar-refractivity contribution in [3.63, 3.8) is 0 Å². The number of hydrogen-bond acceptors (Lipinski definition) is 5. The summed E-state index contributed by atoms with van der Waals surface area (Å²) in [4.78, 5) is 28.6. The second-order valence-electron chi connectivity index (χ2n) is 7.81. The highest BCUT2D eigenvalue weighted by Gasteiger charge is 2.18. The van der Waals surface area contributed by atoms with Crippen LogP contribution in [-0.4, -0.2) is 61.2 Å². The van der Waals surface area contributed by atoms with E-state index in [0.717, 1.165) is 29.9 Å². The molecular formula is C25H27N3O4. The smallest absolute Gasteiger partial charge is 0.337 e. The lowest BCUT2D eigenvalue weighted by molar-refractivity contribution is 0.0698.